The van der Waals surface area contributed by atoms with E-state index in [9.17, 15) is 0 Å². The molecule has 2 aromatic rings. The van der Waals surface area contributed by atoms with Crippen LogP contribution in [-0.4, -0.2) is 9.97 Å². The van der Waals surface area contributed by atoms with Gasteiger partial charge < -0.3 is 4.98 Å². The number of hydrogen-bond acceptors (Lipinski definition) is 1. The van der Waals surface area contributed by atoms with Gasteiger partial charge in [-0.2, -0.15) is 0 Å². The highest BCUT2D eigenvalue weighted by Gasteiger charge is 2.27. The quantitative estimate of drug-likeness (QED) is 0.782. The molecule has 0 bridgehead atoms. The minimum absolute atomic E-state index is 0.641. The Bertz CT molecular complexity index is 553. The van der Waals surface area contributed by atoms with Crippen LogP contribution in [0.2, 0.25) is 0 Å². The van der Waals surface area contributed by atoms with Crippen LogP contribution in [0.5, 0.6) is 0 Å². The van der Waals surface area contributed by atoms with Crippen LogP contribution in [-0.2, 0) is 0 Å². The molecule has 0 amide bonds. The predicted octanol–water partition coefficient (Wildman–Crippen LogP) is 4.08. The highest BCUT2D eigenvalue weighted by molar-refractivity contribution is 5.79. The molecule has 0 spiro atoms. The number of imidazole rings is 1. The van der Waals surface area contributed by atoms with Gasteiger partial charge in [-0.15, -0.1) is 0 Å². The lowest BCUT2D eigenvalue weighted by Gasteiger charge is -2.11. The van der Waals surface area contributed by atoms with Gasteiger partial charge in [-0.3, -0.25) is 0 Å². The Morgan fingerprint density at radius 3 is 2.76 bits per heavy atom. The fourth-order valence-corrected chi connectivity index (χ4v) is 3.22. The third-order valence-electron chi connectivity index (χ3n) is 4.15. The Morgan fingerprint density at radius 2 is 2.06 bits per heavy atom. The number of aryl methyl sites for hydroxylation is 2. The van der Waals surface area contributed by atoms with Crippen molar-refractivity contribution in [2.45, 2.75) is 46.0 Å². The second-order valence-corrected chi connectivity index (χ2v) is 5.61. The lowest BCUT2D eigenvalue weighted by atomic mass is 9.98. The molecular formula is C15H20N2. The van der Waals surface area contributed by atoms with E-state index in [0.717, 1.165) is 11.4 Å². The molecule has 1 aliphatic rings. The number of aromatic amines is 1. The summed E-state index contributed by atoms with van der Waals surface area (Å²) in [6, 6.07) is 4.42. The van der Waals surface area contributed by atoms with Crippen LogP contribution < -0.4 is 0 Å². The predicted molar refractivity (Wildman–Crippen MR) is 71.3 cm³/mol. The van der Waals surface area contributed by atoms with Crippen molar-refractivity contribution in [1.29, 1.82) is 0 Å². The first kappa shape index (κ1) is 10.8. The van der Waals surface area contributed by atoms with Crippen molar-refractivity contribution in [3.63, 3.8) is 0 Å². The summed E-state index contributed by atoms with van der Waals surface area (Å²) in [5, 5.41) is 0. The standard InChI is InChI=1S/C15H20N2/c1-9-7-11(3)14-13(8-9)16-15(17-14)12-6-4-5-10(12)2/h7-8,10,12H,4-6H2,1-3H3,(H,16,17). The van der Waals surface area contributed by atoms with Crippen LogP contribution in [0.3, 0.4) is 0 Å². The number of benzene rings is 1. The molecule has 1 N–H and O–H groups in total. The number of nitrogens with one attached hydrogen (secondary N) is 1. The SMILES string of the molecule is Cc1cc(C)c2nc(C3CCCC3C)[nH]c2c1. The molecule has 17 heavy (non-hydrogen) atoms. The summed E-state index contributed by atoms with van der Waals surface area (Å²) in [4.78, 5) is 8.37. The van der Waals surface area contributed by atoms with Crippen LogP contribution >= 0.6 is 0 Å². The van der Waals surface area contributed by atoms with Gasteiger partial charge in [-0.1, -0.05) is 19.4 Å². The highest BCUT2D eigenvalue weighted by Crippen LogP contribution is 2.38. The van der Waals surface area contributed by atoms with Gasteiger partial charge in [0.25, 0.3) is 0 Å². The summed E-state index contributed by atoms with van der Waals surface area (Å²) in [5.74, 6) is 2.62. The summed E-state index contributed by atoms with van der Waals surface area (Å²) in [6.45, 7) is 6.64. The van der Waals surface area contributed by atoms with Crippen LogP contribution in [0.25, 0.3) is 11.0 Å². The molecule has 0 aliphatic heterocycles. The van der Waals surface area contributed by atoms with Crippen molar-refractivity contribution in [2.75, 3.05) is 0 Å². The second-order valence-electron chi connectivity index (χ2n) is 5.61. The molecule has 1 fully saturated rings. The molecule has 2 unspecified atom stereocenters. The third-order valence-corrected chi connectivity index (χ3v) is 4.15. The topological polar surface area (TPSA) is 28.7 Å². The molecule has 0 saturated heterocycles. The van der Waals surface area contributed by atoms with Crippen LogP contribution in [0.15, 0.2) is 12.1 Å². The van der Waals surface area contributed by atoms with E-state index >= 15 is 0 Å². The van der Waals surface area contributed by atoms with Crippen molar-refractivity contribution < 1.29 is 0 Å². The fraction of sp³-hybridized carbons (Fsp3) is 0.533. The molecule has 3 rings (SSSR count). The zero-order chi connectivity index (χ0) is 12.0. The molecule has 1 aromatic heterocycles. The maximum atomic E-state index is 4.83. The Kier molecular flexibility index (Phi) is 2.46. The van der Waals surface area contributed by atoms with Gasteiger partial charge in [0, 0.05) is 5.92 Å². The van der Waals surface area contributed by atoms with Gasteiger partial charge in [0.05, 0.1) is 11.0 Å². The number of hydrogen-bond donors (Lipinski definition) is 1. The van der Waals surface area contributed by atoms with Gasteiger partial charge >= 0.3 is 0 Å². The molecule has 2 heteroatoms. The van der Waals surface area contributed by atoms with Crippen LogP contribution in [0, 0.1) is 19.8 Å². The van der Waals surface area contributed by atoms with Crippen molar-refractivity contribution >= 4 is 11.0 Å². The van der Waals surface area contributed by atoms with E-state index in [-0.39, 0.29) is 0 Å². The summed E-state index contributed by atoms with van der Waals surface area (Å²) < 4.78 is 0. The number of fused-ring (bicyclic) bond motifs is 1. The van der Waals surface area contributed by atoms with E-state index in [1.807, 2.05) is 0 Å². The molecule has 90 valence electrons. The summed E-state index contributed by atoms with van der Waals surface area (Å²) in [5.41, 5.74) is 4.96. The maximum absolute atomic E-state index is 4.83. The Hall–Kier alpha value is -1.31. The Balaban J connectivity index is 2.10. The minimum Gasteiger partial charge on any atom is -0.342 e. The average Bonchev–Trinajstić information content (AvgIpc) is 2.83. The summed E-state index contributed by atoms with van der Waals surface area (Å²) in [6.07, 6.45) is 3.99. The normalized spacial score (nSPS) is 24.6. The molecule has 1 saturated carbocycles. The summed E-state index contributed by atoms with van der Waals surface area (Å²) >= 11 is 0. The molecule has 2 nitrogen and oxygen atoms in total. The molecule has 1 aromatic carbocycles. The largest absolute Gasteiger partial charge is 0.342 e. The van der Waals surface area contributed by atoms with Crippen LogP contribution in [0.4, 0.5) is 0 Å². The van der Waals surface area contributed by atoms with E-state index in [0.29, 0.717) is 5.92 Å². The maximum Gasteiger partial charge on any atom is 0.110 e. The first-order chi connectivity index (χ1) is 8.15. The highest BCUT2D eigenvalue weighted by atomic mass is 14.9. The van der Waals surface area contributed by atoms with Gasteiger partial charge in [0.2, 0.25) is 0 Å². The Morgan fingerprint density at radius 1 is 1.24 bits per heavy atom. The fourth-order valence-electron chi connectivity index (χ4n) is 3.22. The zero-order valence-corrected chi connectivity index (χ0v) is 10.9. The van der Waals surface area contributed by atoms with E-state index < -0.39 is 0 Å². The van der Waals surface area contributed by atoms with E-state index in [2.05, 4.69) is 37.9 Å². The van der Waals surface area contributed by atoms with E-state index in [1.165, 1.54) is 41.7 Å². The summed E-state index contributed by atoms with van der Waals surface area (Å²) in [7, 11) is 0. The van der Waals surface area contributed by atoms with Gasteiger partial charge in [0.15, 0.2) is 0 Å². The third kappa shape index (κ3) is 1.76. The number of H-pyrrole nitrogens is 1. The van der Waals surface area contributed by atoms with Gasteiger partial charge in [-0.05, 0) is 49.8 Å². The first-order valence-electron chi connectivity index (χ1n) is 6.62. The van der Waals surface area contributed by atoms with Crippen molar-refractivity contribution in [2.24, 2.45) is 5.92 Å². The molecular weight excluding hydrogens is 208 g/mol. The van der Waals surface area contributed by atoms with Crippen molar-refractivity contribution in [3.8, 4) is 0 Å². The van der Waals surface area contributed by atoms with Crippen LogP contribution in [0.1, 0.15) is 49.1 Å². The second kappa shape index (κ2) is 3.86. The molecule has 0 radical (unpaired) electrons. The monoisotopic (exact) mass is 228 g/mol. The lowest BCUT2D eigenvalue weighted by molar-refractivity contribution is 0.514. The van der Waals surface area contributed by atoms with E-state index in [4.69, 9.17) is 4.98 Å². The molecule has 1 heterocycles. The molecule has 1 aliphatic carbocycles. The minimum atomic E-state index is 0.641. The number of aromatic nitrogens is 2. The number of rotatable bonds is 1. The average molecular weight is 228 g/mol. The first-order valence-corrected chi connectivity index (χ1v) is 6.62. The smallest absolute Gasteiger partial charge is 0.110 e. The lowest BCUT2D eigenvalue weighted by Crippen LogP contribution is -2.03. The zero-order valence-electron chi connectivity index (χ0n) is 10.9. The van der Waals surface area contributed by atoms with Gasteiger partial charge in [-0.25, -0.2) is 4.98 Å². The Labute approximate surface area is 102 Å². The van der Waals surface area contributed by atoms with E-state index in [1.54, 1.807) is 0 Å². The van der Waals surface area contributed by atoms with Gasteiger partial charge in [0.1, 0.15) is 5.82 Å². The number of nitrogens with zero attached hydrogens (tertiary/aromatic N) is 1. The molecule has 2 atom stereocenters. The van der Waals surface area contributed by atoms with Crippen molar-refractivity contribution in [3.05, 3.63) is 29.1 Å². The van der Waals surface area contributed by atoms with Crippen molar-refractivity contribution in [1.82, 2.24) is 9.97 Å².